The summed E-state index contributed by atoms with van der Waals surface area (Å²) in [5.74, 6) is -0.368. The number of aromatic nitrogens is 2. The zero-order valence-corrected chi connectivity index (χ0v) is 22.0. The number of oxazole rings is 1. The van der Waals surface area contributed by atoms with Gasteiger partial charge in [0.15, 0.2) is 22.4 Å². The third kappa shape index (κ3) is 4.85. The first-order valence-corrected chi connectivity index (χ1v) is 13.1. The quantitative estimate of drug-likeness (QED) is 0.443. The van der Waals surface area contributed by atoms with Crippen molar-refractivity contribution in [2.45, 2.75) is 44.6 Å². The molecule has 1 saturated carbocycles. The summed E-state index contributed by atoms with van der Waals surface area (Å²) >= 11 is 1.43. The molecule has 11 heteroatoms. The summed E-state index contributed by atoms with van der Waals surface area (Å²) in [6, 6.07) is 4.05. The van der Waals surface area contributed by atoms with Crippen LogP contribution in [0.15, 0.2) is 56.7 Å². The summed E-state index contributed by atoms with van der Waals surface area (Å²) in [6.07, 6.45) is 5.93. The topological polar surface area (TPSA) is 116 Å². The third-order valence-corrected chi connectivity index (χ3v) is 7.90. The van der Waals surface area contributed by atoms with Crippen molar-refractivity contribution in [1.82, 2.24) is 15.3 Å². The van der Waals surface area contributed by atoms with Crippen LogP contribution in [0.1, 0.15) is 70.2 Å². The molecule has 3 heterocycles. The van der Waals surface area contributed by atoms with E-state index < -0.39 is 18.0 Å². The Hall–Kier alpha value is -3.86. The van der Waals surface area contributed by atoms with Crippen LogP contribution in [0.25, 0.3) is 0 Å². The van der Waals surface area contributed by atoms with E-state index in [1.54, 1.807) is 25.3 Å². The minimum Gasteiger partial charge on any atom is -0.466 e. The number of halogens is 1. The van der Waals surface area contributed by atoms with Gasteiger partial charge in [-0.25, -0.2) is 23.9 Å². The van der Waals surface area contributed by atoms with Gasteiger partial charge < -0.3 is 19.2 Å². The molecule has 9 nitrogen and oxygen atoms in total. The zero-order valence-electron chi connectivity index (χ0n) is 21.2. The van der Waals surface area contributed by atoms with Crippen LogP contribution in [0, 0.1) is 18.7 Å². The summed E-state index contributed by atoms with van der Waals surface area (Å²) in [7, 11) is 2.63. The largest absolute Gasteiger partial charge is 0.466 e. The second kappa shape index (κ2) is 10.9. The van der Waals surface area contributed by atoms with Crippen LogP contribution in [-0.4, -0.2) is 42.0 Å². The molecule has 1 aliphatic carbocycles. The van der Waals surface area contributed by atoms with Gasteiger partial charge in [0.05, 0.1) is 19.8 Å². The molecule has 0 amide bonds. The lowest BCUT2D eigenvalue weighted by Gasteiger charge is -2.34. The number of hydrogen-bond donors (Lipinski definition) is 1. The minimum absolute atomic E-state index is 0.0165. The number of allylic oxidation sites excluding steroid dienone is 1. The highest BCUT2D eigenvalue weighted by Gasteiger charge is 2.38. The van der Waals surface area contributed by atoms with Gasteiger partial charge in [0.2, 0.25) is 0 Å². The standard InChI is InChI=1S/C27H27FN4O5S/c1-14-17(5-4-6-18(14)28)22-20(27(34)36-3)21(31-23(32-22)25-29-11-12-38-25)15-7-9-16(10-8-15)24-30-19(13-37-24)26(33)35-2/h4-6,11-13,15-16,22H,7-10H2,1-3H3,(H,31,32)/t15-,16-,22?. The Bertz CT molecular complexity index is 1410. The van der Waals surface area contributed by atoms with E-state index in [-0.39, 0.29) is 23.3 Å². The average Bonchev–Trinajstić information content (AvgIpc) is 3.66. The lowest BCUT2D eigenvalue weighted by Crippen LogP contribution is -2.37. The van der Waals surface area contributed by atoms with Gasteiger partial charge in [0.1, 0.15) is 18.1 Å². The summed E-state index contributed by atoms with van der Waals surface area (Å²) in [5.41, 5.74) is 2.26. The first kappa shape index (κ1) is 25.8. The smallest absolute Gasteiger partial charge is 0.360 e. The van der Waals surface area contributed by atoms with Crippen molar-refractivity contribution in [2.24, 2.45) is 10.9 Å². The Labute approximate surface area is 222 Å². The number of aliphatic imine (C=N–C) groups is 1. The number of amidine groups is 1. The van der Waals surface area contributed by atoms with E-state index >= 15 is 0 Å². The van der Waals surface area contributed by atoms with Crippen molar-refractivity contribution >= 4 is 29.1 Å². The molecule has 1 fully saturated rings. The van der Waals surface area contributed by atoms with Crippen LogP contribution in [0.4, 0.5) is 4.39 Å². The fourth-order valence-electron chi connectivity index (χ4n) is 5.12. The van der Waals surface area contributed by atoms with Gasteiger partial charge in [-0.3, -0.25) is 4.99 Å². The number of carbonyl (C=O) groups is 2. The Morgan fingerprint density at radius 1 is 1.11 bits per heavy atom. The average molecular weight is 539 g/mol. The van der Waals surface area contributed by atoms with Crippen molar-refractivity contribution in [3.63, 3.8) is 0 Å². The van der Waals surface area contributed by atoms with Gasteiger partial charge in [-0.05, 0) is 55.7 Å². The normalized spacial score (nSPS) is 21.5. The number of nitrogens with one attached hydrogen (secondary N) is 1. The van der Waals surface area contributed by atoms with E-state index in [0.717, 1.165) is 25.7 Å². The molecule has 198 valence electrons. The molecule has 38 heavy (non-hydrogen) atoms. The lowest BCUT2D eigenvalue weighted by atomic mass is 9.77. The monoisotopic (exact) mass is 538 g/mol. The molecule has 5 rings (SSSR count). The lowest BCUT2D eigenvalue weighted by molar-refractivity contribution is -0.136. The molecule has 0 saturated heterocycles. The van der Waals surface area contributed by atoms with Crippen molar-refractivity contribution in [2.75, 3.05) is 14.2 Å². The highest BCUT2D eigenvalue weighted by Crippen LogP contribution is 2.43. The van der Waals surface area contributed by atoms with Crippen LogP contribution >= 0.6 is 11.3 Å². The molecule has 2 aromatic heterocycles. The first-order valence-electron chi connectivity index (χ1n) is 12.3. The van der Waals surface area contributed by atoms with Gasteiger partial charge in [0.25, 0.3) is 0 Å². The van der Waals surface area contributed by atoms with Crippen LogP contribution in [0.5, 0.6) is 0 Å². The molecule has 0 spiro atoms. The number of nitrogens with zero attached hydrogens (tertiary/aromatic N) is 3. The Balaban J connectivity index is 1.50. The number of thiazole rings is 1. The minimum atomic E-state index is -0.750. The predicted octanol–water partition coefficient (Wildman–Crippen LogP) is 4.86. The maximum Gasteiger partial charge on any atom is 0.360 e. The Kier molecular flexibility index (Phi) is 7.37. The molecule has 0 radical (unpaired) electrons. The van der Waals surface area contributed by atoms with Crippen molar-refractivity contribution in [1.29, 1.82) is 0 Å². The molecule has 1 atom stereocenters. The number of esters is 2. The SMILES string of the molecule is COC(=O)C1=C([C@H]2CC[C@H](c3nc(C(=O)OC)co3)CC2)NC(c2nccs2)=NC1c1cccc(F)c1C. The number of rotatable bonds is 6. The van der Waals surface area contributed by atoms with E-state index in [2.05, 4.69) is 15.3 Å². The fourth-order valence-corrected chi connectivity index (χ4v) is 5.71. The van der Waals surface area contributed by atoms with Gasteiger partial charge >= 0.3 is 11.9 Å². The van der Waals surface area contributed by atoms with Crippen LogP contribution in [-0.2, 0) is 14.3 Å². The second-order valence-corrected chi connectivity index (χ2v) is 10.1. The maximum atomic E-state index is 14.6. The molecular weight excluding hydrogens is 511 g/mol. The van der Waals surface area contributed by atoms with E-state index in [4.69, 9.17) is 18.9 Å². The highest BCUT2D eigenvalue weighted by molar-refractivity contribution is 7.11. The van der Waals surface area contributed by atoms with E-state index in [1.807, 2.05) is 5.38 Å². The number of carbonyl (C=O) groups excluding carboxylic acids is 2. The molecule has 1 aromatic carbocycles. The number of hydrogen-bond acceptors (Lipinski definition) is 10. The van der Waals surface area contributed by atoms with Crippen molar-refractivity contribution in [3.05, 3.63) is 80.8 Å². The number of benzene rings is 1. The van der Waals surface area contributed by atoms with Crippen molar-refractivity contribution in [3.8, 4) is 0 Å². The Morgan fingerprint density at radius 2 is 1.84 bits per heavy atom. The fraction of sp³-hybridized carbons (Fsp3) is 0.370. The summed E-state index contributed by atoms with van der Waals surface area (Å²) in [6.45, 7) is 1.68. The van der Waals surface area contributed by atoms with Gasteiger partial charge in [-0.2, -0.15) is 0 Å². The third-order valence-electron chi connectivity index (χ3n) is 7.12. The van der Waals surface area contributed by atoms with Crippen LogP contribution in [0.2, 0.25) is 0 Å². The molecule has 0 bridgehead atoms. The molecule has 1 unspecified atom stereocenters. The summed E-state index contributed by atoms with van der Waals surface area (Å²) < 4.78 is 30.1. The van der Waals surface area contributed by atoms with Gasteiger partial charge in [-0.1, -0.05) is 12.1 Å². The molecule has 1 N–H and O–H groups in total. The van der Waals surface area contributed by atoms with Crippen LogP contribution in [0.3, 0.4) is 0 Å². The number of ether oxygens (including phenoxy) is 2. The molecule has 2 aliphatic rings. The summed E-state index contributed by atoms with van der Waals surface area (Å²) in [5, 5.41) is 5.92. The van der Waals surface area contributed by atoms with Gasteiger partial charge in [-0.15, -0.1) is 11.3 Å². The van der Waals surface area contributed by atoms with Crippen LogP contribution < -0.4 is 5.32 Å². The zero-order chi connectivity index (χ0) is 26.8. The highest BCUT2D eigenvalue weighted by atomic mass is 32.1. The second-order valence-electron chi connectivity index (χ2n) is 9.23. The summed E-state index contributed by atoms with van der Waals surface area (Å²) in [4.78, 5) is 38.5. The Morgan fingerprint density at radius 3 is 2.53 bits per heavy atom. The predicted molar refractivity (Wildman–Crippen MR) is 137 cm³/mol. The van der Waals surface area contributed by atoms with E-state index in [9.17, 15) is 14.0 Å². The number of methoxy groups -OCH3 is 2. The first-order chi connectivity index (χ1) is 18.4. The maximum absolute atomic E-state index is 14.6. The van der Waals surface area contributed by atoms with Gasteiger partial charge in [0, 0.05) is 23.2 Å². The molecular formula is C27H27FN4O5S. The van der Waals surface area contributed by atoms with E-state index in [1.165, 1.54) is 37.9 Å². The molecule has 3 aromatic rings. The van der Waals surface area contributed by atoms with E-state index in [0.29, 0.717) is 39.1 Å². The van der Waals surface area contributed by atoms with Crippen molar-refractivity contribution < 1.29 is 27.9 Å². The molecule has 1 aliphatic heterocycles.